The van der Waals surface area contributed by atoms with E-state index in [-0.39, 0.29) is 0 Å². The lowest BCUT2D eigenvalue weighted by Crippen LogP contribution is -2.13. The van der Waals surface area contributed by atoms with Gasteiger partial charge in [-0.05, 0) is 79.0 Å². The summed E-state index contributed by atoms with van der Waals surface area (Å²) >= 11 is 0. The number of rotatable bonds is 12. The van der Waals surface area contributed by atoms with Gasteiger partial charge in [-0.1, -0.05) is 87.2 Å². The first-order valence-corrected chi connectivity index (χ1v) is 12.6. The summed E-state index contributed by atoms with van der Waals surface area (Å²) in [6, 6.07) is 17.5. The highest BCUT2D eigenvalue weighted by Crippen LogP contribution is 2.37. The minimum atomic E-state index is 0.737. The number of hydrogen-bond acceptors (Lipinski definition) is 2. The van der Waals surface area contributed by atoms with Crippen LogP contribution < -0.4 is 0 Å². The Kier molecular flexibility index (Phi) is 10.4. The third kappa shape index (κ3) is 8.22. The van der Waals surface area contributed by atoms with Crippen molar-refractivity contribution in [3.63, 3.8) is 0 Å². The van der Waals surface area contributed by atoms with Crippen LogP contribution in [0.25, 0.3) is 0 Å². The summed E-state index contributed by atoms with van der Waals surface area (Å²) in [7, 11) is 0. The first kappa shape index (κ1) is 24.2. The molecular formula is C30H40N2. The van der Waals surface area contributed by atoms with Crippen LogP contribution in [0.2, 0.25) is 0 Å². The highest BCUT2D eigenvalue weighted by Gasteiger charge is 2.21. The van der Waals surface area contributed by atoms with Gasteiger partial charge in [0.1, 0.15) is 0 Å². The molecule has 1 saturated carbocycles. The summed E-state index contributed by atoms with van der Waals surface area (Å²) in [6.07, 6.45) is 20.1. The Morgan fingerprint density at radius 3 is 2.03 bits per heavy atom. The Balaban J connectivity index is 1.43. The Bertz CT molecular complexity index is 837. The van der Waals surface area contributed by atoms with Crippen molar-refractivity contribution in [1.29, 1.82) is 0 Å². The van der Waals surface area contributed by atoms with Gasteiger partial charge in [0.15, 0.2) is 0 Å². The molecule has 2 heteroatoms. The normalized spacial score (nSPS) is 19.0. The summed E-state index contributed by atoms with van der Waals surface area (Å²) in [5, 5.41) is 8.47. The third-order valence-corrected chi connectivity index (χ3v) is 6.80. The van der Waals surface area contributed by atoms with Crippen molar-refractivity contribution >= 4 is 12.4 Å². The molecule has 3 rings (SSSR count). The second-order valence-electron chi connectivity index (χ2n) is 9.29. The summed E-state index contributed by atoms with van der Waals surface area (Å²) in [5.74, 6) is 1.71. The molecule has 0 bridgehead atoms. The van der Waals surface area contributed by atoms with E-state index in [1.54, 1.807) is 0 Å². The van der Waals surface area contributed by atoms with E-state index >= 15 is 0 Å². The molecule has 0 unspecified atom stereocenters. The summed E-state index contributed by atoms with van der Waals surface area (Å²) in [5.41, 5.74) is 5.04. The maximum Gasteiger partial charge on any atom is 0.0568 e. The molecule has 2 nitrogen and oxygen atoms in total. The number of nitrogens with zero attached hydrogens (tertiary/aromatic N) is 2. The van der Waals surface area contributed by atoms with Crippen molar-refractivity contribution < 1.29 is 0 Å². The molecule has 0 heterocycles. The van der Waals surface area contributed by atoms with Gasteiger partial charge in [0, 0.05) is 0 Å². The molecule has 1 aliphatic rings. The van der Waals surface area contributed by atoms with E-state index in [4.69, 9.17) is 0 Å². The molecule has 0 aliphatic heterocycles. The number of unbranched alkanes of at least 4 members (excludes halogenated alkanes) is 3. The van der Waals surface area contributed by atoms with Gasteiger partial charge in [0.25, 0.3) is 0 Å². The molecule has 2 aromatic carbocycles. The van der Waals surface area contributed by atoms with Crippen molar-refractivity contribution in [1.82, 2.24) is 0 Å². The van der Waals surface area contributed by atoms with Gasteiger partial charge in [0.2, 0.25) is 0 Å². The summed E-state index contributed by atoms with van der Waals surface area (Å²) in [6.45, 7) is 6.07. The topological polar surface area (TPSA) is 24.7 Å². The Morgan fingerprint density at radius 2 is 1.44 bits per heavy atom. The Hall–Kier alpha value is -2.48. The smallest absolute Gasteiger partial charge is 0.0568 e. The van der Waals surface area contributed by atoms with E-state index in [0.29, 0.717) is 0 Å². The molecule has 170 valence electrons. The average molecular weight is 429 g/mol. The zero-order valence-electron chi connectivity index (χ0n) is 19.9. The standard InChI is InChI=1S/C30H40N2/c1-3-5-7-9-25-11-13-27(14-12-25)23-31-32-24-28-17-21-30(22-18-28)29-19-15-26(16-20-29)10-8-6-4-2/h3,11-14,17-18,21-24,26,29H,1,4-10,15-16,19-20H2,2H3/b31-23+,32-24+. The highest BCUT2D eigenvalue weighted by molar-refractivity contribution is 5.82. The lowest BCUT2D eigenvalue weighted by molar-refractivity contribution is 0.303. The van der Waals surface area contributed by atoms with Crippen LogP contribution in [-0.4, -0.2) is 12.4 Å². The average Bonchev–Trinajstić information content (AvgIpc) is 2.84. The third-order valence-electron chi connectivity index (χ3n) is 6.80. The predicted octanol–water partition coefficient (Wildman–Crippen LogP) is 8.50. The molecule has 0 radical (unpaired) electrons. The van der Waals surface area contributed by atoms with E-state index in [1.165, 1.54) is 62.5 Å². The fraction of sp³-hybridized carbons (Fsp3) is 0.467. The van der Waals surface area contributed by atoms with Gasteiger partial charge in [-0.2, -0.15) is 10.2 Å². The van der Waals surface area contributed by atoms with Crippen LogP contribution in [0.5, 0.6) is 0 Å². The maximum absolute atomic E-state index is 4.24. The van der Waals surface area contributed by atoms with E-state index in [9.17, 15) is 0 Å². The van der Waals surface area contributed by atoms with Crippen LogP contribution in [0.15, 0.2) is 71.4 Å². The Labute approximate surface area is 195 Å². The van der Waals surface area contributed by atoms with E-state index in [0.717, 1.165) is 42.2 Å². The van der Waals surface area contributed by atoms with Crippen molar-refractivity contribution in [2.45, 2.75) is 83.5 Å². The molecule has 0 amide bonds. The molecular weight excluding hydrogens is 388 g/mol. The van der Waals surface area contributed by atoms with Gasteiger partial charge >= 0.3 is 0 Å². The van der Waals surface area contributed by atoms with Crippen LogP contribution in [0.1, 0.15) is 99.3 Å². The van der Waals surface area contributed by atoms with Crippen molar-refractivity contribution in [2.75, 3.05) is 0 Å². The first-order chi connectivity index (χ1) is 15.8. The lowest BCUT2D eigenvalue weighted by atomic mass is 9.77. The monoisotopic (exact) mass is 428 g/mol. The van der Waals surface area contributed by atoms with Gasteiger partial charge < -0.3 is 0 Å². The minimum absolute atomic E-state index is 0.737. The van der Waals surface area contributed by atoms with Gasteiger partial charge in [-0.25, -0.2) is 0 Å². The minimum Gasteiger partial charge on any atom is -0.159 e. The second-order valence-corrected chi connectivity index (χ2v) is 9.29. The fourth-order valence-corrected chi connectivity index (χ4v) is 4.74. The predicted molar refractivity (Wildman–Crippen MR) is 140 cm³/mol. The number of hydrogen-bond donors (Lipinski definition) is 0. The van der Waals surface area contributed by atoms with E-state index in [2.05, 4.69) is 72.2 Å². The molecule has 0 N–H and O–H groups in total. The molecule has 0 aromatic heterocycles. The summed E-state index contributed by atoms with van der Waals surface area (Å²) in [4.78, 5) is 0. The van der Waals surface area contributed by atoms with Gasteiger partial charge in [0.05, 0.1) is 12.4 Å². The number of allylic oxidation sites excluding steroid dienone is 1. The molecule has 1 fully saturated rings. The summed E-state index contributed by atoms with van der Waals surface area (Å²) < 4.78 is 0. The molecule has 1 aliphatic carbocycles. The fourth-order valence-electron chi connectivity index (χ4n) is 4.74. The van der Waals surface area contributed by atoms with Crippen LogP contribution in [0, 0.1) is 5.92 Å². The van der Waals surface area contributed by atoms with E-state index < -0.39 is 0 Å². The quantitative estimate of drug-likeness (QED) is 0.140. The zero-order valence-corrected chi connectivity index (χ0v) is 19.9. The Morgan fingerprint density at radius 1 is 0.812 bits per heavy atom. The first-order valence-electron chi connectivity index (χ1n) is 12.6. The molecule has 2 aromatic rings. The molecule has 0 spiro atoms. The van der Waals surface area contributed by atoms with Gasteiger partial charge in [-0.3, -0.25) is 0 Å². The zero-order chi connectivity index (χ0) is 22.4. The maximum atomic E-state index is 4.24. The number of aryl methyl sites for hydroxylation is 1. The lowest BCUT2D eigenvalue weighted by Gasteiger charge is -2.29. The second kappa shape index (κ2) is 13.8. The highest BCUT2D eigenvalue weighted by atomic mass is 15.2. The van der Waals surface area contributed by atoms with Crippen LogP contribution in [0.4, 0.5) is 0 Å². The molecule has 0 atom stereocenters. The van der Waals surface area contributed by atoms with Crippen molar-refractivity contribution in [2.24, 2.45) is 16.1 Å². The van der Waals surface area contributed by atoms with E-state index in [1.807, 2.05) is 18.5 Å². The SMILES string of the molecule is C=CCCCc1ccc(/C=N/N=C/c2ccc(C3CCC(CCCCC)CC3)cc2)cc1. The van der Waals surface area contributed by atoms with Crippen molar-refractivity contribution in [3.05, 3.63) is 83.4 Å². The largest absolute Gasteiger partial charge is 0.159 e. The number of benzene rings is 2. The van der Waals surface area contributed by atoms with Crippen molar-refractivity contribution in [3.8, 4) is 0 Å². The van der Waals surface area contributed by atoms with Crippen LogP contribution in [-0.2, 0) is 6.42 Å². The van der Waals surface area contributed by atoms with Crippen LogP contribution in [0.3, 0.4) is 0 Å². The molecule has 0 saturated heterocycles. The molecule has 32 heavy (non-hydrogen) atoms. The van der Waals surface area contributed by atoms with Crippen LogP contribution >= 0.6 is 0 Å². The van der Waals surface area contributed by atoms with Gasteiger partial charge in [-0.15, -0.1) is 6.58 Å².